The number of fused-ring (bicyclic) bond motifs is 1. The Hall–Kier alpha value is -1.90. The van der Waals surface area contributed by atoms with E-state index in [2.05, 4.69) is 31.9 Å². The van der Waals surface area contributed by atoms with Gasteiger partial charge >= 0.3 is 0 Å². The molecule has 0 unspecified atom stereocenters. The van der Waals surface area contributed by atoms with Gasteiger partial charge in [0.2, 0.25) is 0 Å². The van der Waals surface area contributed by atoms with Gasteiger partial charge in [-0.05, 0) is 41.8 Å². The van der Waals surface area contributed by atoms with Gasteiger partial charge in [0.1, 0.15) is 11.8 Å². The van der Waals surface area contributed by atoms with Crippen molar-refractivity contribution >= 4 is 42.6 Å². The number of nitrogens with zero attached hydrogens (tertiary/aromatic N) is 1. The summed E-state index contributed by atoms with van der Waals surface area (Å²) in [4.78, 5) is 0. The monoisotopic (exact) mass is 419 g/mol. The average Bonchev–Trinajstić information content (AvgIpc) is 2.50. The van der Waals surface area contributed by atoms with Crippen LogP contribution in [0, 0.1) is 17.1 Å². The highest BCUT2D eigenvalue weighted by molar-refractivity contribution is 9.10. The van der Waals surface area contributed by atoms with Crippen LogP contribution in [0.15, 0.2) is 57.5 Å². The second-order valence-corrected chi connectivity index (χ2v) is 6.43. The first kappa shape index (κ1) is 15.0. The summed E-state index contributed by atoms with van der Waals surface area (Å²) >= 11 is 6.68. The first-order valence-corrected chi connectivity index (χ1v) is 7.92. The fraction of sp³-hybridized carbons (Fsp3) is 0. The quantitative estimate of drug-likeness (QED) is 0.496. The minimum Gasteiger partial charge on any atom is -0.453 e. The molecule has 3 rings (SSSR count). The normalized spacial score (nSPS) is 10.5. The van der Waals surface area contributed by atoms with E-state index in [1.165, 1.54) is 0 Å². The van der Waals surface area contributed by atoms with Crippen molar-refractivity contribution in [3.05, 3.63) is 68.9 Å². The lowest BCUT2D eigenvalue weighted by Gasteiger charge is -2.10. The van der Waals surface area contributed by atoms with E-state index in [1.807, 2.05) is 12.1 Å². The molecule has 5 heteroatoms. The Morgan fingerprint density at radius 1 is 0.909 bits per heavy atom. The van der Waals surface area contributed by atoms with E-state index in [4.69, 9.17) is 10.00 Å². The van der Waals surface area contributed by atoms with Gasteiger partial charge in [0.05, 0.1) is 5.56 Å². The highest BCUT2D eigenvalue weighted by atomic mass is 79.9. The molecule has 0 amide bonds. The Kier molecular flexibility index (Phi) is 4.14. The van der Waals surface area contributed by atoms with Crippen LogP contribution in [0.3, 0.4) is 0 Å². The summed E-state index contributed by atoms with van der Waals surface area (Å²) in [7, 11) is 0. The van der Waals surface area contributed by atoms with Crippen molar-refractivity contribution < 1.29 is 9.13 Å². The van der Waals surface area contributed by atoms with Gasteiger partial charge in [-0.3, -0.25) is 0 Å². The minimum atomic E-state index is -0.450. The van der Waals surface area contributed by atoms with Gasteiger partial charge in [-0.1, -0.05) is 44.0 Å². The third-order valence-electron chi connectivity index (χ3n) is 3.16. The molecular formula is C17H8Br2FNO. The molecule has 0 aliphatic carbocycles. The van der Waals surface area contributed by atoms with Crippen LogP contribution in [-0.4, -0.2) is 0 Å². The number of benzene rings is 3. The molecule has 108 valence electrons. The molecule has 0 bridgehead atoms. The maximum Gasteiger partial charge on any atom is 0.173 e. The lowest BCUT2D eigenvalue weighted by Crippen LogP contribution is -1.92. The third kappa shape index (κ3) is 2.85. The van der Waals surface area contributed by atoms with Crippen LogP contribution in [0.5, 0.6) is 11.5 Å². The number of ether oxygens (including phenoxy) is 1. The van der Waals surface area contributed by atoms with E-state index >= 15 is 0 Å². The number of rotatable bonds is 2. The standard InChI is InChI=1S/C17H8Br2FNO/c18-12-4-5-14-10(7-12)2-6-15(17(14)20)22-16-8-13(19)3-1-11(16)9-21/h1-8H. The van der Waals surface area contributed by atoms with Gasteiger partial charge < -0.3 is 4.74 Å². The van der Waals surface area contributed by atoms with E-state index in [1.54, 1.807) is 42.5 Å². The van der Waals surface area contributed by atoms with Crippen LogP contribution in [0.4, 0.5) is 4.39 Å². The van der Waals surface area contributed by atoms with E-state index in [9.17, 15) is 4.39 Å². The summed E-state index contributed by atoms with van der Waals surface area (Å²) in [6, 6.07) is 15.7. The number of hydrogen-bond donors (Lipinski definition) is 0. The molecule has 0 atom stereocenters. The number of halogens is 3. The Bertz CT molecular complexity index is 918. The van der Waals surface area contributed by atoms with Gasteiger partial charge in [0, 0.05) is 14.3 Å². The lowest BCUT2D eigenvalue weighted by molar-refractivity contribution is 0.444. The molecule has 0 spiro atoms. The molecule has 0 saturated carbocycles. The van der Waals surface area contributed by atoms with Gasteiger partial charge in [-0.25, -0.2) is 4.39 Å². The second-order valence-electron chi connectivity index (χ2n) is 4.60. The zero-order valence-electron chi connectivity index (χ0n) is 11.1. The summed E-state index contributed by atoms with van der Waals surface area (Å²) in [6.45, 7) is 0. The predicted molar refractivity (Wildman–Crippen MR) is 90.5 cm³/mol. The summed E-state index contributed by atoms with van der Waals surface area (Å²) in [6.07, 6.45) is 0. The second kappa shape index (κ2) is 6.07. The van der Waals surface area contributed by atoms with Crippen molar-refractivity contribution in [1.82, 2.24) is 0 Å². The molecule has 0 radical (unpaired) electrons. The fourth-order valence-corrected chi connectivity index (χ4v) is 2.83. The van der Waals surface area contributed by atoms with Crippen molar-refractivity contribution in [1.29, 1.82) is 5.26 Å². The summed E-state index contributed by atoms with van der Waals surface area (Å²) in [5, 5.41) is 10.4. The Balaban J connectivity index is 2.09. The SMILES string of the molecule is N#Cc1ccc(Br)cc1Oc1ccc2cc(Br)ccc2c1F. The zero-order valence-corrected chi connectivity index (χ0v) is 14.3. The summed E-state index contributed by atoms with van der Waals surface area (Å²) < 4.78 is 21.8. The smallest absolute Gasteiger partial charge is 0.173 e. The average molecular weight is 421 g/mol. The van der Waals surface area contributed by atoms with E-state index in [0.29, 0.717) is 16.7 Å². The maximum absolute atomic E-state index is 14.6. The largest absolute Gasteiger partial charge is 0.453 e. The highest BCUT2D eigenvalue weighted by Crippen LogP contribution is 2.33. The molecule has 0 aliphatic heterocycles. The zero-order chi connectivity index (χ0) is 15.7. The number of nitriles is 1. The van der Waals surface area contributed by atoms with Crippen molar-refractivity contribution in [2.24, 2.45) is 0 Å². The Morgan fingerprint density at radius 2 is 1.64 bits per heavy atom. The van der Waals surface area contributed by atoms with Gasteiger partial charge in [0.15, 0.2) is 11.6 Å². The molecule has 0 aliphatic rings. The molecule has 0 N–H and O–H groups in total. The number of hydrogen-bond acceptors (Lipinski definition) is 2. The first-order chi connectivity index (χ1) is 10.6. The van der Waals surface area contributed by atoms with E-state index < -0.39 is 5.82 Å². The molecule has 0 aromatic heterocycles. The van der Waals surface area contributed by atoms with Crippen LogP contribution in [0.1, 0.15) is 5.56 Å². The van der Waals surface area contributed by atoms with Crippen LogP contribution < -0.4 is 4.74 Å². The van der Waals surface area contributed by atoms with Crippen molar-refractivity contribution in [3.8, 4) is 17.6 Å². The molecule has 3 aromatic carbocycles. The minimum absolute atomic E-state index is 0.0874. The van der Waals surface area contributed by atoms with E-state index in [0.717, 1.165) is 14.3 Å². The Morgan fingerprint density at radius 3 is 2.41 bits per heavy atom. The fourth-order valence-electron chi connectivity index (χ4n) is 2.11. The van der Waals surface area contributed by atoms with Crippen LogP contribution in [-0.2, 0) is 0 Å². The van der Waals surface area contributed by atoms with Gasteiger partial charge in [-0.15, -0.1) is 0 Å². The molecule has 0 saturated heterocycles. The molecule has 3 aromatic rings. The lowest BCUT2D eigenvalue weighted by atomic mass is 10.1. The first-order valence-electron chi connectivity index (χ1n) is 6.34. The predicted octanol–water partition coefficient (Wildman–Crippen LogP) is 6.17. The van der Waals surface area contributed by atoms with E-state index in [-0.39, 0.29) is 5.75 Å². The molecule has 0 fully saturated rings. The van der Waals surface area contributed by atoms with Crippen molar-refractivity contribution in [2.75, 3.05) is 0 Å². The topological polar surface area (TPSA) is 33.0 Å². The van der Waals surface area contributed by atoms with Gasteiger partial charge in [0.25, 0.3) is 0 Å². The molecular weight excluding hydrogens is 413 g/mol. The third-order valence-corrected chi connectivity index (χ3v) is 4.15. The Labute approximate surface area is 143 Å². The molecule has 0 heterocycles. The van der Waals surface area contributed by atoms with Crippen LogP contribution in [0.25, 0.3) is 10.8 Å². The van der Waals surface area contributed by atoms with Crippen molar-refractivity contribution in [2.45, 2.75) is 0 Å². The molecule has 22 heavy (non-hydrogen) atoms. The maximum atomic E-state index is 14.6. The van der Waals surface area contributed by atoms with Crippen molar-refractivity contribution in [3.63, 3.8) is 0 Å². The van der Waals surface area contributed by atoms with Crippen LogP contribution in [0.2, 0.25) is 0 Å². The van der Waals surface area contributed by atoms with Gasteiger partial charge in [-0.2, -0.15) is 5.26 Å². The molecule has 2 nitrogen and oxygen atoms in total. The summed E-state index contributed by atoms with van der Waals surface area (Å²) in [5.41, 5.74) is 0.346. The summed E-state index contributed by atoms with van der Waals surface area (Å²) in [5.74, 6) is -0.0504. The highest BCUT2D eigenvalue weighted by Gasteiger charge is 2.12. The van der Waals surface area contributed by atoms with Crippen LogP contribution >= 0.6 is 31.9 Å².